The van der Waals surface area contributed by atoms with Gasteiger partial charge in [0.15, 0.2) is 14.6 Å². The van der Waals surface area contributed by atoms with Gasteiger partial charge in [0.05, 0.1) is 5.69 Å². The molecule has 0 saturated carbocycles. The van der Waals surface area contributed by atoms with Gasteiger partial charge in [-0.1, -0.05) is 20.8 Å². The lowest BCUT2D eigenvalue weighted by molar-refractivity contribution is -0.139. The zero-order valence-corrected chi connectivity index (χ0v) is 13.4. The molecule has 0 bridgehead atoms. The van der Waals surface area contributed by atoms with E-state index in [4.69, 9.17) is 5.11 Å². The number of aromatic nitrogens is 1. The summed E-state index contributed by atoms with van der Waals surface area (Å²) in [4.78, 5) is 15.3. The topological polar surface area (TPSA) is 84.3 Å². The van der Waals surface area contributed by atoms with Gasteiger partial charge in [-0.05, 0) is 13.8 Å². The molecule has 0 saturated heterocycles. The Balaban J connectivity index is 3.04. The fraction of sp³-hybridized carbons (Fsp3) is 0.667. The molecular formula is C12H19NO4S2. The van der Waals surface area contributed by atoms with Crippen LogP contribution in [-0.4, -0.2) is 29.2 Å². The van der Waals surface area contributed by atoms with Crippen molar-refractivity contribution in [2.75, 3.05) is 0 Å². The van der Waals surface area contributed by atoms with Gasteiger partial charge in [-0.25, -0.2) is 13.4 Å². The van der Waals surface area contributed by atoms with Crippen LogP contribution in [-0.2, 0) is 25.8 Å². The minimum atomic E-state index is -3.80. The Morgan fingerprint density at radius 1 is 1.32 bits per heavy atom. The van der Waals surface area contributed by atoms with Gasteiger partial charge in [0.2, 0.25) is 0 Å². The van der Waals surface area contributed by atoms with Gasteiger partial charge in [-0.3, -0.25) is 4.79 Å². The average Bonchev–Trinajstić information content (AvgIpc) is 2.64. The molecule has 0 aliphatic carbocycles. The fourth-order valence-corrected chi connectivity index (χ4v) is 3.76. The Kier molecular flexibility index (Phi) is 4.12. The summed E-state index contributed by atoms with van der Waals surface area (Å²) in [6.45, 7) is 8.36. The Morgan fingerprint density at radius 2 is 1.84 bits per heavy atom. The maximum Gasteiger partial charge on any atom is 0.324 e. The Bertz CT molecular complexity index is 579. The highest BCUT2D eigenvalue weighted by Gasteiger charge is 2.42. The highest BCUT2D eigenvalue weighted by Crippen LogP contribution is 2.27. The van der Waals surface area contributed by atoms with Crippen LogP contribution in [0.1, 0.15) is 45.3 Å². The third-order valence-electron chi connectivity index (χ3n) is 2.93. The molecule has 7 heteroatoms. The van der Waals surface area contributed by atoms with Crippen LogP contribution in [0.25, 0.3) is 0 Å². The summed E-state index contributed by atoms with van der Waals surface area (Å²) in [7, 11) is -3.80. The lowest BCUT2D eigenvalue weighted by Gasteiger charge is -2.19. The highest BCUT2D eigenvalue weighted by atomic mass is 32.2. The zero-order chi connectivity index (χ0) is 15.1. The van der Waals surface area contributed by atoms with Crippen LogP contribution in [0.2, 0.25) is 0 Å². The number of rotatable bonds is 4. The smallest absolute Gasteiger partial charge is 0.324 e. The first-order chi connectivity index (χ1) is 8.38. The maximum absolute atomic E-state index is 12.1. The van der Waals surface area contributed by atoms with Crippen LogP contribution in [0.4, 0.5) is 0 Å². The third-order valence-corrected chi connectivity index (χ3v) is 6.34. The zero-order valence-electron chi connectivity index (χ0n) is 11.7. The molecule has 0 aromatic carbocycles. The lowest BCUT2D eigenvalue weighted by Crippen LogP contribution is -2.41. The number of nitrogens with zero attached hydrogens (tertiary/aromatic N) is 1. The predicted octanol–water partition coefficient (Wildman–Crippen LogP) is 2.22. The van der Waals surface area contributed by atoms with Crippen LogP contribution in [0, 0.1) is 0 Å². The summed E-state index contributed by atoms with van der Waals surface area (Å²) < 4.78 is 22.4. The number of carbonyl (C=O) groups is 1. The number of aliphatic carboxylic acids is 1. The van der Waals surface area contributed by atoms with Gasteiger partial charge in [-0.2, -0.15) is 0 Å². The fourth-order valence-electron chi connectivity index (χ4n) is 1.20. The summed E-state index contributed by atoms with van der Waals surface area (Å²) in [6, 6.07) is 0. The first-order valence-electron chi connectivity index (χ1n) is 5.78. The number of thiazole rings is 1. The van der Waals surface area contributed by atoms with Crippen molar-refractivity contribution in [3.05, 3.63) is 16.1 Å². The second-order valence-corrected chi connectivity index (χ2v) is 9.43. The summed E-state index contributed by atoms with van der Waals surface area (Å²) in [5.41, 5.74) is 0.664. The maximum atomic E-state index is 12.1. The molecule has 1 aromatic heterocycles. The van der Waals surface area contributed by atoms with E-state index in [1.54, 1.807) is 0 Å². The minimum Gasteiger partial charge on any atom is -0.480 e. The van der Waals surface area contributed by atoms with Crippen LogP contribution in [0.3, 0.4) is 0 Å². The molecule has 5 nitrogen and oxygen atoms in total. The van der Waals surface area contributed by atoms with Crippen LogP contribution >= 0.6 is 11.3 Å². The SMILES string of the molecule is CC(C)(C)c1csc(CS(=O)(=O)C(C)(C)C(=O)O)n1. The van der Waals surface area contributed by atoms with Gasteiger partial charge < -0.3 is 5.11 Å². The molecule has 1 aromatic rings. The molecule has 1 rings (SSSR count). The Labute approximate surface area is 117 Å². The number of sulfone groups is 1. The van der Waals surface area contributed by atoms with Crippen molar-refractivity contribution in [1.29, 1.82) is 0 Å². The quantitative estimate of drug-likeness (QED) is 0.922. The predicted molar refractivity (Wildman–Crippen MR) is 75.2 cm³/mol. The van der Waals surface area contributed by atoms with Crippen molar-refractivity contribution in [1.82, 2.24) is 4.98 Å². The molecule has 19 heavy (non-hydrogen) atoms. The van der Waals surface area contributed by atoms with Crippen LogP contribution in [0.5, 0.6) is 0 Å². The van der Waals surface area contributed by atoms with Crippen molar-refractivity contribution in [3.8, 4) is 0 Å². The first kappa shape index (κ1) is 16.1. The molecule has 1 heterocycles. The van der Waals surface area contributed by atoms with E-state index in [9.17, 15) is 13.2 Å². The van der Waals surface area contributed by atoms with Gasteiger partial charge in [0, 0.05) is 10.8 Å². The van der Waals surface area contributed by atoms with E-state index in [0.29, 0.717) is 5.01 Å². The van der Waals surface area contributed by atoms with E-state index in [1.807, 2.05) is 26.2 Å². The van der Waals surface area contributed by atoms with Crippen molar-refractivity contribution in [3.63, 3.8) is 0 Å². The van der Waals surface area contributed by atoms with Crippen molar-refractivity contribution >= 4 is 27.1 Å². The molecule has 0 aliphatic heterocycles. The normalized spacial score (nSPS) is 13.5. The van der Waals surface area contributed by atoms with Gasteiger partial charge in [0.25, 0.3) is 0 Å². The van der Waals surface area contributed by atoms with E-state index in [1.165, 1.54) is 25.2 Å². The molecule has 0 fully saturated rings. The third kappa shape index (κ3) is 3.33. The van der Waals surface area contributed by atoms with Crippen molar-refractivity contribution in [2.45, 2.75) is 50.5 Å². The summed E-state index contributed by atoms with van der Waals surface area (Å²) in [5.74, 6) is -1.69. The number of carboxylic acids is 1. The molecule has 1 N–H and O–H groups in total. The molecule has 0 spiro atoms. The standard InChI is InChI=1S/C12H19NO4S2/c1-11(2,3)8-6-18-9(13-8)7-19(16,17)12(4,5)10(14)15/h6H,7H2,1-5H3,(H,14,15). The molecule has 108 valence electrons. The molecule has 0 atom stereocenters. The number of hydrogen-bond acceptors (Lipinski definition) is 5. The van der Waals surface area contributed by atoms with Crippen molar-refractivity contribution < 1.29 is 18.3 Å². The molecular weight excluding hydrogens is 286 g/mol. The van der Waals surface area contributed by atoms with E-state index < -0.39 is 20.6 Å². The van der Waals surface area contributed by atoms with E-state index >= 15 is 0 Å². The first-order valence-corrected chi connectivity index (χ1v) is 8.32. The Morgan fingerprint density at radius 3 is 2.21 bits per heavy atom. The van der Waals surface area contributed by atoms with E-state index in [0.717, 1.165) is 5.69 Å². The van der Waals surface area contributed by atoms with Gasteiger partial charge >= 0.3 is 5.97 Å². The molecule has 0 radical (unpaired) electrons. The van der Waals surface area contributed by atoms with Crippen LogP contribution < -0.4 is 0 Å². The van der Waals surface area contributed by atoms with E-state index in [-0.39, 0.29) is 11.2 Å². The second kappa shape index (κ2) is 4.86. The lowest BCUT2D eigenvalue weighted by atomic mass is 9.93. The monoisotopic (exact) mass is 305 g/mol. The van der Waals surface area contributed by atoms with Gasteiger partial charge in [0.1, 0.15) is 10.8 Å². The van der Waals surface area contributed by atoms with Crippen LogP contribution in [0.15, 0.2) is 5.38 Å². The second-order valence-electron chi connectivity index (χ2n) is 5.95. The summed E-state index contributed by atoms with van der Waals surface area (Å²) >= 11 is 1.25. The minimum absolute atomic E-state index is 0.152. The molecule has 0 unspecified atom stereocenters. The Hall–Kier alpha value is -0.950. The largest absolute Gasteiger partial charge is 0.480 e. The van der Waals surface area contributed by atoms with E-state index in [2.05, 4.69) is 4.98 Å². The molecule has 0 amide bonds. The summed E-state index contributed by atoms with van der Waals surface area (Å²) in [5, 5.41) is 11.2. The highest BCUT2D eigenvalue weighted by molar-refractivity contribution is 7.92. The van der Waals surface area contributed by atoms with Gasteiger partial charge in [-0.15, -0.1) is 11.3 Å². The van der Waals surface area contributed by atoms with Crippen molar-refractivity contribution in [2.24, 2.45) is 0 Å². The average molecular weight is 305 g/mol. The summed E-state index contributed by atoms with van der Waals surface area (Å²) in [6.07, 6.45) is 0. The molecule has 0 aliphatic rings. The number of hydrogen-bond donors (Lipinski definition) is 1. The number of carboxylic acid groups (broad SMARTS) is 1.